The first kappa shape index (κ1) is 21.6. The largest absolute Gasteiger partial charge is 0.481 e. The molecule has 26 heavy (non-hydrogen) atoms. The number of aliphatic hydroxyl groups is 3. The molecule has 5 nitrogen and oxygen atoms in total. The van der Waals surface area contributed by atoms with Gasteiger partial charge in [0, 0.05) is 6.42 Å². The maximum absolute atomic E-state index is 10.4. The van der Waals surface area contributed by atoms with Gasteiger partial charge in [0.15, 0.2) is 0 Å². The van der Waals surface area contributed by atoms with Crippen LogP contribution in [0.5, 0.6) is 0 Å². The highest BCUT2D eigenvalue weighted by atomic mass is 16.4. The summed E-state index contributed by atoms with van der Waals surface area (Å²) >= 11 is 0. The van der Waals surface area contributed by atoms with Crippen molar-refractivity contribution in [1.82, 2.24) is 0 Å². The number of carboxylic acid groups (broad SMARTS) is 1. The normalized spacial score (nSPS) is 16.0. The van der Waals surface area contributed by atoms with Crippen LogP contribution in [0.3, 0.4) is 0 Å². The van der Waals surface area contributed by atoms with Gasteiger partial charge in [0.05, 0.1) is 18.3 Å². The Balaban J connectivity index is 2.30. The first-order valence-electron chi connectivity index (χ1n) is 8.50. The van der Waals surface area contributed by atoms with Crippen molar-refractivity contribution >= 4 is 5.97 Å². The lowest BCUT2D eigenvalue weighted by atomic mass is 10.1. The van der Waals surface area contributed by atoms with Gasteiger partial charge in [-0.25, -0.2) is 0 Å². The molecule has 1 rings (SSSR count). The molecule has 5 heteroatoms. The Kier molecular flexibility index (Phi) is 10.6. The van der Waals surface area contributed by atoms with Crippen LogP contribution in [-0.4, -0.2) is 38.6 Å². The Morgan fingerprint density at radius 3 is 2.08 bits per heavy atom. The van der Waals surface area contributed by atoms with Gasteiger partial charge < -0.3 is 20.4 Å². The fraction of sp³-hybridized carbons (Fsp3) is 0.286. The second-order valence-electron chi connectivity index (χ2n) is 5.74. The molecule has 4 N–H and O–H groups in total. The van der Waals surface area contributed by atoms with Crippen LogP contribution < -0.4 is 0 Å². The van der Waals surface area contributed by atoms with E-state index in [1.165, 1.54) is 6.08 Å². The Hall–Kier alpha value is -2.47. The summed E-state index contributed by atoms with van der Waals surface area (Å²) in [6, 6.07) is 9.34. The Morgan fingerprint density at radius 1 is 0.885 bits per heavy atom. The van der Waals surface area contributed by atoms with Crippen LogP contribution in [-0.2, 0) is 4.79 Å². The van der Waals surface area contributed by atoms with Crippen molar-refractivity contribution in [3.8, 4) is 0 Å². The Morgan fingerprint density at radius 2 is 1.46 bits per heavy atom. The van der Waals surface area contributed by atoms with E-state index in [0.717, 1.165) is 5.56 Å². The van der Waals surface area contributed by atoms with Crippen molar-refractivity contribution < 1.29 is 25.2 Å². The SMILES string of the molecule is O=C(O)CCC[C@H](O)[C@@H](O)/C=C/C=C/C=C/C=C/[C@@H](O)c1ccccc1. The molecule has 0 amide bonds. The van der Waals surface area contributed by atoms with E-state index < -0.39 is 24.3 Å². The number of hydrogen-bond acceptors (Lipinski definition) is 4. The summed E-state index contributed by atoms with van der Waals surface area (Å²) in [5.41, 5.74) is 0.825. The second-order valence-corrected chi connectivity index (χ2v) is 5.74. The quantitative estimate of drug-likeness (QED) is 0.456. The summed E-state index contributed by atoms with van der Waals surface area (Å²) in [6.07, 6.45) is 11.3. The maximum atomic E-state index is 10.4. The van der Waals surface area contributed by atoms with Gasteiger partial charge in [0.2, 0.25) is 0 Å². The zero-order valence-electron chi connectivity index (χ0n) is 14.6. The number of hydrogen-bond donors (Lipinski definition) is 4. The molecule has 0 aromatic heterocycles. The first-order chi connectivity index (χ1) is 12.5. The van der Waals surface area contributed by atoms with Crippen molar-refractivity contribution in [3.63, 3.8) is 0 Å². The molecule has 0 spiro atoms. The summed E-state index contributed by atoms with van der Waals surface area (Å²) in [5.74, 6) is -0.915. The molecule has 0 unspecified atom stereocenters. The van der Waals surface area contributed by atoms with E-state index in [2.05, 4.69) is 0 Å². The molecule has 3 atom stereocenters. The number of benzene rings is 1. The van der Waals surface area contributed by atoms with Crippen LogP contribution in [0.15, 0.2) is 78.9 Å². The van der Waals surface area contributed by atoms with Crippen molar-refractivity contribution in [2.75, 3.05) is 0 Å². The van der Waals surface area contributed by atoms with Gasteiger partial charge in [-0.05, 0) is 18.4 Å². The summed E-state index contributed by atoms with van der Waals surface area (Å²) in [4.78, 5) is 10.4. The molecule has 0 aliphatic carbocycles. The minimum Gasteiger partial charge on any atom is -0.481 e. The van der Waals surface area contributed by atoms with Gasteiger partial charge in [0.25, 0.3) is 0 Å². The van der Waals surface area contributed by atoms with Crippen molar-refractivity contribution in [3.05, 3.63) is 84.5 Å². The van der Waals surface area contributed by atoms with E-state index in [1.807, 2.05) is 30.3 Å². The number of allylic oxidation sites excluding steroid dienone is 6. The molecular weight excluding hydrogens is 332 g/mol. The molecule has 1 aromatic rings. The molecular formula is C21H26O5. The molecule has 140 valence electrons. The molecule has 1 aromatic carbocycles. The highest BCUT2D eigenvalue weighted by molar-refractivity contribution is 5.66. The van der Waals surface area contributed by atoms with E-state index in [0.29, 0.717) is 6.42 Å². The zero-order valence-corrected chi connectivity index (χ0v) is 14.6. The lowest BCUT2D eigenvalue weighted by Gasteiger charge is -2.13. The monoisotopic (exact) mass is 358 g/mol. The van der Waals surface area contributed by atoms with Crippen molar-refractivity contribution in [1.29, 1.82) is 0 Å². The number of aliphatic carboxylic acids is 1. The Bertz CT molecular complexity index is 631. The van der Waals surface area contributed by atoms with Gasteiger partial charge in [-0.15, -0.1) is 0 Å². The third-order valence-electron chi connectivity index (χ3n) is 3.58. The van der Waals surface area contributed by atoms with E-state index >= 15 is 0 Å². The third kappa shape index (κ3) is 9.74. The average Bonchev–Trinajstić information content (AvgIpc) is 2.63. The summed E-state index contributed by atoms with van der Waals surface area (Å²) < 4.78 is 0. The van der Waals surface area contributed by atoms with E-state index in [-0.39, 0.29) is 12.8 Å². The topological polar surface area (TPSA) is 98.0 Å². The smallest absolute Gasteiger partial charge is 0.303 e. The lowest BCUT2D eigenvalue weighted by Crippen LogP contribution is -2.23. The van der Waals surface area contributed by atoms with Gasteiger partial charge in [-0.1, -0.05) is 78.9 Å². The van der Waals surface area contributed by atoms with Crippen LogP contribution in [0.1, 0.15) is 30.9 Å². The van der Waals surface area contributed by atoms with E-state index in [4.69, 9.17) is 5.11 Å². The fourth-order valence-corrected chi connectivity index (χ4v) is 2.13. The highest BCUT2D eigenvalue weighted by Gasteiger charge is 2.12. The first-order valence-corrected chi connectivity index (χ1v) is 8.50. The molecule has 0 radical (unpaired) electrons. The molecule has 0 saturated heterocycles. The van der Waals surface area contributed by atoms with Gasteiger partial charge in [-0.3, -0.25) is 4.79 Å². The minimum atomic E-state index is -1.03. The van der Waals surface area contributed by atoms with Crippen LogP contribution in [0.4, 0.5) is 0 Å². The summed E-state index contributed by atoms with van der Waals surface area (Å²) in [7, 11) is 0. The standard InChI is InChI=1S/C21H26O5/c22-18(17-11-6-5-7-12-17)13-8-3-1-2-4-9-14-19(23)20(24)15-10-16-21(25)26/h1-9,11-14,18-20,22-24H,10,15-16H2,(H,25,26)/b3-1+,4-2+,13-8+,14-9+/t18-,19+,20+/m1/s1. The lowest BCUT2D eigenvalue weighted by molar-refractivity contribution is -0.137. The predicted octanol–water partition coefficient (Wildman–Crippen LogP) is 2.92. The summed E-state index contributed by atoms with van der Waals surface area (Å²) in [6.45, 7) is 0. The molecule has 0 aliphatic heterocycles. The predicted molar refractivity (Wildman–Crippen MR) is 101 cm³/mol. The van der Waals surface area contributed by atoms with Crippen LogP contribution in [0.2, 0.25) is 0 Å². The number of aliphatic hydroxyl groups excluding tert-OH is 3. The molecule has 0 fully saturated rings. The van der Waals surface area contributed by atoms with Gasteiger partial charge >= 0.3 is 5.97 Å². The molecule has 0 heterocycles. The number of rotatable bonds is 11. The van der Waals surface area contributed by atoms with Crippen molar-refractivity contribution in [2.24, 2.45) is 0 Å². The molecule has 0 aliphatic rings. The van der Waals surface area contributed by atoms with Gasteiger partial charge in [-0.2, -0.15) is 0 Å². The van der Waals surface area contributed by atoms with E-state index in [9.17, 15) is 20.1 Å². The highest BCUT2D eigenvalue weighted by Crippen LogP contribution is 2.12. The van der Waals surface area contributed by atoms with Crippen LogP contribution >= 0.6 is 0 Å². The van der Waals surface area contributed by atoms with Crippen LogP contribution in [0, 0.1) is 0 Å². The van der Waals surface area contributed by atoms with E-state index in [1.54, 1.807) is 42.5 Å². The second kappa shape index (κ2) is 12.8. The molecule has 0 saturated carbocycles. The fourth-order valence-electron chi connectivity index (χ4n) is 2.13. The van der Waals surface area contributed by atoms with Crippen molar-refractivity contribution in [2.45, 2.75) is 37.6 Å². The van der Waals surface area contributed by atoms with Gasteiger partial charge in [0.1, 0.15) is 0 Å². The summed E-state index contributed by atoms with van der Waals surface area (Å²) in [5, 5.41) is 37.9. The van der Waals surface area contributed by atoms with Crippen LogP contribution in [0.25, 0.3) is 0 Å². The third-order valence-corrected chi connectivity index (χ3v) is 3.58. The Labute approximate surface area is 153 Å². The molecule has 0 bridgehead atoms. The minimum absolute atomic E-state index is 0.0231. The average molecular weight is 358 g/mol. The number of carboxylic acids is 1. The number of carbonyl (C=O) groups is 1. The zero-order chi connectivity index (χ0) is 19.2. The maximum Gasteiger partial charge on any atom is 0.303 e.